The molecule has 0 unspecified atom stereocenters. The van der Waals surface area contributed by atoms with Crippen LogP contribution in [-0.2, 0) is 16.0 Å². The molecular weight excluding hydrogens is 380 g/mol. The van der Waals surface area contributed by atoms with Crippen molar-refractivity contribution in [3.8, 4) is 0 Å². The van der Waals surface area contributed by atoms with E-state index in [0.29, 0.717) is 13.0 Å². The zero-order valence-corrected chi connectivity index (χ0v) is 17.8. The van der Waals surface area contributed by atoms with Crippen LogP contribution in [0, 0.1) is 6.92 Å². The van der Waals surface area contributed by atoms with Crippen molar-refractivity contribution >= 4 is 17.4 Å². The highest BCUT2D eigenvalue weighted by Gasteiger charge is 2.45. The van der Waals surface area contributed by atoms with Crippen LogP contribution in [0.3, 0.4) is 0 Å². The van der Waals surface area contributed by atoms with Crippen molar-refractivity contribution in [1.29, 1.82) is 0 Å². The molecule has 0 aromatic heterocycles. The minimum absolute atomic E-state index is 0.0100. The fraction of sp³-hybridized carbons (Fsp3) is 0.207. The molecule has 0 N–H and O–H groups in total. The highest BCUT2D eigenvalue weighted by molar-refractivity contribution is 5.93. The number of allylic oxidation sites excluding steroid dienone is 1. The summed E-state index contributed by atoms with van der Waals surface area (Å²) in [5.74, 6) is 0.155. The largest absolute Gasteiger partial charge is 0.365 e. The molecule has 1 aliphatic carbocycles. The lowest BCUT2D eigenvalue weighted by Gasteiger charge is -2.39. The molecule has 3 aromatic rings. The minimum Gasteiger partial charge on any atom is -0.365 e. The summed E-state index contributed by atoms with van der Waals surface area (Å²) in [5, 5.41) is 0. The summed E-state index contributed by atoms with van der Waals surface area (Å²) in [7, 11) is 0. The number of ether oxygens (including phenoxy) is 1. The van der Waals surface area contributed by atoms with Gasteiger partial charge in [0, 0.05) is 18.8 Å². The highest BCUT2D eigenvalue weighted by Crippen LogP contribution is 2.46. The van der Waals surface area contributed by atoms with Crippen molar-refractivity contribution in [1.82, 2.24) is 0 Å². The van der Waals surface area contributed by atoms with E-state index in [0.717, 1.165) is 12.0 Å². The van der Waals surface area contributed by atoms with E-state index >= 15 is 0 Å². The maximum Gasteiger partial charge on any atom is 0.156 e. The third kappa shape index (κ3) is 3.80. The Morgan fingerprint density at radius 1 is 0.968 bits per heavy atom. The first-order valence-corrected chi connectivity index (χ1v) is 10.9. The van der Waals surface area contributed by atoms with Crippen molar-refractivity contribution in [2.24, 2.45) is 0 Å². The van der Waals surface area contributed by atoms with Crippen molar-refractivity contribution in [2.45, 2.75) is 31.3 Å². The number of hydrogen-bond acceptors (Lipinski definition) is 2. The van der Waals surface area contributed by atoms with Crippen LogP contribution < -0.4 is 0 Å². The third-order valence-electron chi connectivity index (χ3n) is 6.57. The number of aryl methyl sites for hydroxylation is 1. The fourth-order valence-corrected chi connectivity index (χ4v) is 4.90. The van der Waals surface area contributed by atoms with E-state index in [9.17, 15) is 4.79 Å². The Balaban J connectivity index is 1.65. The Labute approximate surface area is 183 Å². The molecule has 0 fully saturated rings. The van der Waals surface area contributed by atoms with Crippen molar-refractivity contribution in [2.75, 3.05) is 6.61 Å². The van der Waals surface area contributed by atoms with E-state index in [2.05, 4.69) is 85.8 Å². The number of hydrogen-bond donors (Lipinski definition) is 0. The highest BCUT2D eigenvalue weighted by atomic mass is 16.5. The SMILES string of the molecule is Cc1ccccc1/C=C1\CO[C@@]2(Cc3ccccc3)C=CC(=O)C[C@H]2c2ccccc21. The Morgan fingerprint density at radius 3 is 2.55 bits per heavy atom. The number of rotatable bonds is 3. The number of ketones is 1. The van der Waals surface area contributed by atoms with Gasteiger partial charge in [-0.05, 0) is 58.5 Å². The smallest absolute Gasteiger partial charge is 0.156 e. The van der Waals surface area contributed by atoms with Gasteiger partial charge in [0.2, 0.25) is 0 Å². The van der Waals surface area contributed by atoms with Crippen LogP contribution in [0.15, 0.2) is 91.0 Å². The van der Waals surface area contributed by atoms with Gasteiger partial charge in [-0.1, -0.05) is 78.9 Å². The number of fused-ring (bicyclic) bond motifs is 3. The Kier molecular flexibility index (Phi) is 5.17. The molecule has 5 rings (SSSR count). The molecule has 1 aliphatic heterocycles. The van der Waals surface area contributed by atoms with Gasteiger partial charge < -0.3 is 4.74 Å². The quantitative estimate of drug-likeness (QED) is 0.521. The summed E-state index contributed by atoms with van der Waals surface area (Å²) in [6.07, 6.45) is 7.20. The van der Waals surface area contributed by atoms with E-state index in [4.69, 9.17) is 4.74 Å². The van der Waals surface area contributed by atoms with Crippen LogP contribution in [0.1, 0.15) is 40.2 Å². The second-order valence-corrected chi connectivity index (χ2v) is 8.58. The third-order valence-corrected chi connectivity index (χ3v) is 6.57. The lowest BCUT2D eigenvalue weighted by atomic mass is 9.71. The fourth-order valence-electron chi connectivity index (χ4n) is 4.90. The van der Waals surface area contributed by atoms with E-state index < -0.39 is 5.60 Å². The second kappa shape index (κ2) is 8.13. The van der Waals surface area contributed by atoms with Gasteiger partial charge in [0.1, 0.15) is 0 Å². The average molecular weight is 407 g/mol. The summed E-state index contributed by atoms with van der Waals surface area (Å²) in [4.78, 5) is 12.5. The molecule has 2 aliphatic rings. The first-order valence-electron chi connectivity index (χ1n) is 10.9. The first kappa shape index (κ1) is 19.7. The van der Waals surface area contributed by atoms with Crippen molar-refractivity contribution in [3.63, 3.8) is 0 Å². The van der Waals surface area contributed by atoms with Crippen LogP contribution in [0.25, 0.3) is 11.6 Å². The van der Waals surface area contributed by atoms with Crippen molar-refractivity contribution < 1.29 is 9.53 Å². The Bertz CT molecular complexity index is 1170. The lowest BCUT2D eigenvalue weighted by molar-refractivity contribution is -0.118. The summed E-state index contributed by atoms with van der Waals surface area (Å²) in [6, 6.07) is 27.3. The van der Waals surface area contributed by atoms with Gasteiger partial charge in [0.05, 0.1) is 12.2 Å². The zero-order chi connectivity index (χ0) is 21.3. The molecule has 2 nitrogen and oxygen atoms in total. The summed E-state index contributed by atoms with van der Waals surface area (Å²) < 4.78 is 6.75. The second-order valence-electron chi connectivity index (χ2n) is 8.58. The van der Waals surface area contributed by atoms with Gasteiger partial charge in [0.25, 0.3) is 0 Å². The summed E-state index contributed by atoms with van der Waals surface area (Å²) in [5.41, 5.74) is 6.67. The van der Waals surface area contributed by atoms with Gasteiger partial charge in [-0.2, -0.15) is 0 Å². The van der Waals surface area contributed by atoms with Crippen LogP contribution in [0.5, 0.6) is 0 Å². The van der Waals surface area contributed by atoms with E-state index in [1.165, 1.54) is 27.8 Å². The Hall–Kier alpha value is -3.23. The normalized spacial score (nSPS) is 23.8. The molecule has 0 spiro atoms. The molecule has 0 radical (unpaired) electrons. The van der Waals surface area contributed by atoms with Gasteiger partial charge in [-0.15, -0.1) is 0 Å². The van der Waals surface area contributed by atoms with Crippen LogP contribution in [-0.4, -0.2) is 18.0 Å². The molecule has 2 heteroatoms. The molecule has 0 saturated heterocycles. The molecule has 31 heavy (non-hydrogen) atoms. The van der Waals surface area contributed by atoms with E-state index in [1.54, 1.807) is 6.08 Å². The van der Waals surface area contributed by atoms with Crippen LogP contribution in [0.2, 0.25) is 0 Å². The van der Waals surface area contributed by atoms with Crippen LogP contribution in [0.4, 0.5) is 0 Å². The van der Waals surface area contributed by atoms with Gasteiger partial charge in [-0.3, -0.25) is 4.79 Å². The standard InChI is InChI=1S/C29H26O2/c1-21-9-5-6-12-23(21)17-24-20-31-29(19-22-10-3-2-4-11-22)16-15-25(30)18-28(29)27-14-8-7-13-26(24)27/h2-17,28H,18-20H2,1H3/b24-17+/t28-,29+/m0/s1. The average Bonchev–Trinajstić information content (AvgIpc) is 2.92. The zero-order valence-electron chi connectivity index (χ0n) is 17.8. The van der Waals surface area contributed by atoms with Gasteiger partial charge in [-0.25, -0.2) is 0 Å². The van der Waals surface area contributed by atoms with E-state index in [-0.39, 0.29) is 11.7 Å². The maximum atomic E-state index is 12.5. The molecular formula is C29H26O2. The predicted molar refractivity (Wildman–Crippen MR) is 126 cm³/mol. The number of carbonyl (C=O) groups is 1. The molecule has 154 valence electrons. The monoisotopic (exact) mass is 406 g/mol. The number of carbonyl (C=O) groups excluding carboxylic acids is 1. The Morgan fingerprint density at radius 2 is 1.71 bits per heavy atom. The lowest BCUT2D eigenvalue weighted by Crippen LogP contribution is -2.42. The van der Waals surface area contributed by atoms with Crippen LogP contribution >= 0.6 is 0 Å². The van der Waals surface area contributed by atoms with Crippen molar-refractivity contribution in [3.05, 3.63) is 119 Å². The molecule has 2 atom stereocenters. The van der Waals surface area contributed by atoms with Gasteiger partial charge >= 0.3 is 0 Å². The maximum absolute atomic E-state index is 12.5. The molecule has 0 saturated carbocycles. The molecule has 1 heterocycles. The minimum atomic E-state index is -0.535. The number of benzene rings is 3. The predicted octanol–water partition coefficient (Wildman–Crippen LogP) is 6.16. The molecule has 0 bridgehead atoms. The summed E-state index contributed by atoms with van der Waals surface area (Å²) >= 11 is 0. The first-order chi connectivity index (χ1) is 15.1. The topological polar surface area (TPSA) is 26.3 Å². The molecule has 3 aromatic carbocycles. The van der Waals surface area contributed by atoms with Gasteiger partial charge in [0.15, 0.2) is 5.78 Å². The summed E-state index contributed by atoms with van der Waals surface area (Å²) in [6.45, 7) is 2.64. The van der Waals surface area contributed by atoms with E-state index in [1.807, 2.05) is 12.1 Å². The molecule has 0 amide bonds.